The van der Waals surface area contributed by atoms with Gasteiger partial charge in [-0.15, -0.1) is 0 Å². The molecular formula is C19H15NO2. The lowest BCUT2D eigenvalue weighted by Crippen LogP contribution is -2.39. The summed E-state index contributed by atoms with van der Waals surface area (Å²) in [7, 11) is 1.69. The third-order valence-electron chi connectivity index (χ3n) is 4.44. The highest BCUT2D eigenvalue weighted by Gasteiger charge is 2.49. The molecule has 3 heteroatoms. The SMILES string of the molecule is CN1C(=O)C(O)(c2ccc3ccccc3c2)c2ccccc21. The Balaban J connectivity index is 1.98. The van der Waals surface area contributed by atoms with Gasteiger partial charge in [0.1, 0.15) is 0 Å². The van der Waals surface area contributed by atoms with E-state index in [4.69, 9.17) is 0 Å². The first-order valence-electron chi connectivity index (χ1n) is 7.21. The second kappa shape index (κ2) is 4.42. The molecule has 1 unspecified atom stereocenters. The molecule has 0 radical (unpaired) electrons. The van der Waals surface area contributed by atoms with Crippen LogP contribution in [0.5, 0.6) is 0 Å². The van der Waals surface area contributed by atoms with Crippen molar-refractivity contribution in [2.24, 2.45) is 0 Å². The Morgan fingerprint density at radius 1 is 0.909 bits per heavy atom. The summed E-state index contributed by atoms with van der Waals surface area (Å²) in [4.78, 5) is 14.2. The zero-order valence-electron chi connectivity index (χ0n) is 12.2. The van der Waals surface area contributed by atoms with Crippen LogP contribution in [0.25, 0.3) is 10.8 Å². The zero-order chi connectivity index (χ0) is 15.3. The molecule has 0 spiro atoms. The number of amides is 1. The van der Waals surface area contributed by atoms with Crippen LogP contribution >= 0.6 is 0 Å². The van der Waals surface area contributed by atoms with Crippen LogP contribution < -0.4 is 4.90 Å². The fourth-order valence-electron chi connectivity index (χ4n) is 3.23. The minimum atomic E-state index is -1.62. The summed E-state index contributed by atoms with van der Waals surface area (Å²) in [5, 5.41) is 13.3. The van der Waals surface area contributed by atoms with E-state index < -0.39 is 5.60 Å². The van der Waals surface area contributed by atoms with Crippen LogP contribution in [0.15, 0.2) is 66.7 Å². The van der Waals surface area contributed by atoms with Gasteiger partial charge in [-0.3, -0.25) is 4.79 Å². The number of anilines is 1. The fraction of sp³-hybridized carbons (Fsp3) is 0.105. The van der Waals surface area contributed by atoms with Crippen LogP contribution in [-0.2, 0) is 10.4 Å². The Bertz CT molecular complexity index is 903. The van der Waals surface area contributed by atoms with Gasteiger partial charge in [0, 0.05) is 12.6 Å². The van der Waals surface area contributed by atoms with Gasteiger partial charge in [0.25, 0.3) is 5.91 Å². The van der Waals surface area contributed by atoms with Crippen molar-refractivity contribution in [3.8, 4) is 0 Å². The molecule has 1 N–H and O–H groups in total. The Labute approximate surface area is 128 Å². The van der Waals surface area contributed by atoms with Crippen LogP contribution in [0.4, 0.5) is 5.69 Å². The Hall–Kier alpha value is -2.65. The topological polar surface area (TPSA) is 40.5 Å². The van der Waals surface area contributed by atoms with Crippen molar-refractivity contribution in [3.63, 3.8) is 0 Å². The van der Waals surface area contributed by atoms with E-state index in [0.717, 1.165) is 16.5 Å². The first-order chi connectivity index (χ1) is 10.6. The number of hydrogen-bond donors (Lipinski definition) is 1. The van der Waals surface area contributed by atoms with E-state index in [2.05, 4.69) is 0 Å². The predicted molar refractivity (Wildman–Crippen MR) is 86.8 cm³/mol. The number of aliphatic hydroxyl groups is 1. The van der Waals surface area contributed by atoms with Gasteiger partial charge in [0.2, 0.25) is 0 Å². The molecule has 0 aromatic heterocycles. The number of likely N-dealkylation sites (N-methyl/N-ethyl adjacent to an activating group) is 1. The maximum Gasteiger partial charge on any atom is 0.268 e. The second-order valence-electron chi connectivity index (χ2n) is 5.65. The summed E-state index contributed by atoms with van der Waals surface area (Å²) in [5.74, 6) is -0.316. The summed E-state index contributed by atoms with van der Waals surface area (Å²) in [5.41, 5.74) is 0.379. The Morgan fingerprint density at radius 2 is 1.59 bits per heavy atom. The highest BCUT2D eigenvalue weighted by atomic mass is 16.3. The van der Waals surface area contributed by atoms with E-state index in [9.17, 15) is 9.90 Å². The monoisotopic (exact) mass is 289 g/mol. The Kier molecular flexibility index (Phi) is 2.62. The molecule has 3 nitrogen and oxygen atoms in total. The molecule has 1 aliphatic heterocycles. The smallest absolute Gasteiger partial charge is 0.268 e. The van der Waals surface area contributed by atoms with Crippen molar-refractivity contribution >= 4 is 22.4 Å². The number of fused-ring (bicyclic) bond motifs is 2. The maximum absolute atomic E-state index is 12.7. The standard InChI is InChI=1S/C19H15NO2/c1-20-17-9-5-4-8-16(17)19(22,18(20)21)15-11-10-13-6-2-3-7-14(13)12-15/h2-12,22H,1H3. The molecule has 0 fully saturated rings. The normalized spacial score (nSPS) is 20.5. The lowest BCUT2D eigenvalue weighted by atomic mass is 9.86. The molecule has 3 aromatic rings. The third kappa shape index (κ3) is 1.57. The van der Waals surface area contributed by atoms with Crippen molar-refractivity contribution < 1.29 is 9.90 Å². The molecule has 1 atom stereocenters. The number of rotatable bonds is 1. The molecule has 3 aromatic carbocycles. The van der Waals surface area contributed by atoms with Crippen molar-refractivity contribution in [1.82, 2.24) is 0 Å². The summed E-state index contributed by atoms with van der Waals surface area (Å²) in [6.07, 6.45) is 0. The summed E-state index contributed by atoms with van der Waals surface area (Å²) >= 11 is 0. The summed E-state index contributed by atoms with van der Waals surface area (Å²) < 4.78 is 0. The van der Waals surface area contributed by atoms with Gasteiger partial charge < -0.3 is 10.0 Å². The van der Waals surface area contributed by atoms with Gasteiger partial charge in [0.05, 0.1) is 5.69 Å². The Morgan fingerprint density at radius 3 is 2.41 bits per heavy atom. The number of carbonyl (C=O) groups is 1. The number of para-hydroxylation sites is 1. The minimum absolute atomic E-state index is 0.316. The number of carbonyl (C=O) groups excluding carboxylic acids is 1. The van der Waals surface area contributed by atoms with Crippen molar-refractivity contribution in [2.45, 2.75) is 5.60 Å². The molecule has 4 rings (SSSR count). The lowest BCUT2D eigenvalue weighted by molar-refractivity contribution is -0.131. The summed E-state index contributed by atoms with van der Waals surface area (Å²) in [6, 6.07) is 21.0. The predicted octanol–water partition coefficient (Wildman–Crippen LogP) is 3.05. The number of nitrogens with zero attached hydrogens (tertiary/aromatic N) is 1. The molecule has 1 heterocycles. The first kappa shape index (κ1) is 13.0. The molecule has 0 bridgehead atoms. The lowest BCUT2D eigenvalue weighted by Gasteiger charge is -2.23. The van der Waals surface area contributed by atoms with E-state index in [0.29, 0.717) is 11.1 Å². The molecule has 0 saturated carbocycles. The van der Waals surface area contributed by atoms with Crippen LogP contribution in [0, 0.1) is 0 Å². The highest BCUT2D eigenvalue weighted by Crippen LogP contribution is 2.43. The van der Waals surface area contributed by atoms with Gasteiger partial charge in [-0.1, -0.05) is 54.6 Å². The van der Waals surface area contributed by atoms with Gasteiger partial charge in [0.15, 0.2) is 5.60 Å². The van der Waals surface area contributed by atoms with E-state index in [1.54, 1.807) is 7.05 Å². The molecule has 1 aliphatic rings. The average molecular weight is 289 g/mol. The van der Waals surface area contributed by atoms with Crippen LogP contribution in [-0.4, -0.2) is 18.1 Å². The van der Waals surface area contributed by atoms with E-state index >= 15 is 0 Å². The molecule has 1 amide bonds. The number of benzene rings is 3. The number of hydrogen-bond acceptors (Lipinski definition) is 2. The molecular weight excluding hydrogens is 274 g/mol. The molecule has 108 valence electrons. The third-order valence-corrected chi connectivity index (χ3v) is 4.44. The van der Waals surface area contributed by atoms with E-state index in [1.807, 2.05) is 66.7 Å². The molecule has 0 saturated heterocycles. The van der Waals surface area contributed by atoms with Gasteiger partial charge >= 0.3 is 0 Å². The van der Waals surface area contributed by atoms with Crippen molar-refractivity contribution in [1.29, 1.82) is 0 Å². The highest BCUT2D eigenvalue weighted by molar-refractivity contribution is 6.09. The molecule has 0 aliphatic carbocycles. The summed E-state index contributed by atoms with van der Waals surface area (Å²) in [6.45, 7) is 0. The maximum atomic E-state index is 12.7. The van der Waals surface area contributed by atoms with E-state index in [-0.39, 0.29) is 5.91 Å². The largest absolute Gasteiger partial charge is 0.372 e. The van der Waals surface area contributed by atoms with Crippen LogP contribution in [0.1, 0.15) is 11.1 Å². The van der Waals surface area contributed by atoms with E-state index in [1.165, 1.54) is 4.90 Å². The molecule has 22 heavy (non-hydrogen) atoms. The van der Waals surface area contributed by atoms with Crippen LogP contribution in [0.2, 0.25) is 0 Å². The van der Waals surface area contributed by atoms with Crippen molar-refractivity contribution in [2.75, 3.05) is 11.9 Å². The zero-order valence-corrected chi connectivity index (χ0v) is 12.2. The quantitative estimate of drug-likeness (QED) is 0.748. The van der Waals surface area contributed by atoms with Crippen LogP contribution in [0.3, 0.4) is 0 Å². The van der Waals surface area contributed by atoms with Gasteiger partial charge in [-0.05, 0) is 28.5 Å². The fourth-order valence-corrected chi connectivity index (χ4v) is 3.23. The first-order valence-corrected chi connectivity index (χ1v) is 7.21. The minimum Gasteiger partial charge on any atom is -0.372 e. The second-order valence-corrected chi connectivity index (χ2v) is 5.65. The average Bonchev–Trinajstić information content (AvgIpc) is 2.77. The van der Waals surface area contributed by atoms with Gasteiger partial charge in [-0.25, -0.2) is 0 Å². The van der Waals surface area contributed by atoms with Gasteiger partial charge in [-0.2, -0.15) is 0 Å². The van der Waals surface area contributed by atoms with Crippen molar-refractivity contribution in [3.05, 3.63) is 77.9 Å².